The van der Waals surface area contributed by atoms with Gasteiger partial charge in [0.25, 0.3) is 0 Å². The predicted molar refractivity (Wildman–Crippen MR) is 55.5 cm³/mol. The van der Waals surface area contributed by atoms with Crippen LogP contribution in [-0.2, 0) is 6.18 Å². The number of anilines is 1. The first-order chi connectivity index (χ1) is 7.89. The van der Waals surface area contributed by atoms with Gasteiger partial charge in [-0.2, -0.15) is 13.2 Å². The van der Waals surface area contributed by atoms with Crippen LogP contribution in [0.1, 0.15) is 5.69 Å². The van der Waals surface area contributed by atoms with Crippen LogP contribution in [-0.4, -0.2) is 35.3 Å². The Morgan fingerprint density at radius 3 is 2.71 bits per heavy atom. The molecular formula is C10H12F3N3O. The summed E-state index contributed by atoms with van der Waals surface area (Å²) in [5.41, 5.74) is -1.52. The molecule has 0 spiro atoms. The van der Waals surface area contributed by atoms with E-state index in [-0.39, 0.29) is 6.54 Å². The number of aromatic nitrogens is 1. The van der Waals surface area contributed by atoms with Gasteiger partial charge in [0.05, 0.1) is 0 Å². The van der Waals surface area contributed by atoms with Crippen molar-refractivity contribution in [2.45, 2.75) is 11.8 Å². The van der Waals surface area contributed by atoms with E-state index in [1.54, 1.807) is 0 Å². The van der Waals surface area contributed by atoms with Gasteiger partial charge in [0.15, 0.2) is 0 Å². The number of aliphatic hydroxyl groups is 1. The van der Waals surface area contributed by atoms with E-state index < -0.39 is 17.5 Å². The lowest BCUT2D eigenvalue weighted by atomic mass is 9.97. The second kappa shape index (κ2) is 4.15. The zero-order valence-corrected chi connectivity index (χ0v) is 8.88. The summed E-state index contributed by atoms with van der Waals surface area (Å²) in [7, 11) is 0. The third-order valence-electron chi connectivity index (χ3n) is 2.58. The van der Waals surface area contributed by atoms with Crippen LogP contribution in [0.2, 0.25) is 0 Å². The molecule has 0 radical (unpaired) electrons. The molecule has 0 unspecified atom stereocenters. The highest BCUT2D eigenvalue weighted by Crippen LogP contribution is 2.28. The summed E-state index contributed by atoms with van der Waals surface area (Å²) < 4.78 is 37.1. The fourth-order valence-electron chi connectivity index (χ4n) is 1.50. The largest absolute Gasteiger partial charge is 0.433 e. The molecule has 0 aromatic carbocycles. The van der Waals surface area contributed by atoms with E-state index in [9.17, 15) is 18.3 Å². The van der Waals surface area contributed by atoms with Crippen molar-refractivity contribution in [2.75, 3.05) is 25.0 Å². The average molecular weight is 247 g/mol. The fourth-order valence-corrected chi connectivity index (χ4v) is 1.50. The van der Waals surface area contributed by atoms with Crippen LogP contribution in [0.25, 0.3) is 0 Å². The van der Waals surface area contributed by atoms with E-state index in [1.807, 2.05) is 0 Å². The van der Waals surface area contributed by atoms with Crippen LogP contribution < -0.4 is 10.6 Å². The van der Waals surface area contributed by atoms with E-state index in [4.69, 9.17) is 0 Å². The van der Waals surface area contributed by atoms with Gasteiger partial charge in [-0.1, -0.05) is 0 Å². The van der Waals surface area contributed by atoms with Crippen molar-refractivity contribution < 1.29 is 18.3 Å². The van der Waals surface area contributed by atoms with E-state index in [2.05, 4.69) is 15.6 Å². The van der Waals surface area contributed by atoms with Crippen molar-refractivity contribution in [1.29, 1.82) is 0 Å². The maximum Gasteiger partial charge on any atom is 0.433 e. The first-order valence-corrected chi connectivity index (χ1v) is 5.09. The summed E-state index contributed by atoms with van der Waals surface area (Å²) in [5.74, 6) is 0. The SMILES string of the molecule is OC1(CNc2ccnc(C(F)(F)F)c2)CNC1. The lowest BCUT2D eigenvalue weighted by molar-refractivity contribution is -0.141. The number of halogens is 3. The summed E-state index contributed by atoms with van der Waals surface area (Å²) in [6, 6.07) is 2.36. The normalized spacial score (nSPS) is 18.6. The number of rotatable bonds is 3. The highest BCUT2D eigenvalue weighted by molar-refractivity contribution is 5.44. The number of hydrogen-bond donors (Lipinski definition) is 3. The van der Waals surface area contributed by atoms with Gasteiger partial charge in [0.2, 0.25) is 0 Å². The molecule has 17 heavy (non-hydrogen) atoms. The van der Waals surface area contributed by atoms with Crippen molar-refractivity contribution in [3.8, 4) is 0 Å². The summed E-state index contributed by atoms with van der Waals surface area (Å²) in [6.45, 7) is 1.09. The third kappa shape index (κ3) is 2.86. The molecular weight excluding hydrogens is 235 g/mol. The molecule has 0 bridgehead atoms. The molecule has 1 fully saturated rings. The van der Waals surface area contributed by atoms with Crippen molar-refractivity contribution >= 4 is 5.69 Å². The molecule has 0 aliphatic carbocycles. The van der Waals surface area contributed by atoms with E-state index >= 15 is 0 Å². The molecule has 0 amide bonds. The number of alkyl halides is 3. The Balaban J connectivity index is 2.01. The van der Waals surface area contributed by atoms with Crippen LogP contribution in [0.5, 0.6) is 0 Å². The minimum atomic E-state index is -4.45. The standard InChI is InChI=1S/C10H12F3N3O/c11-10(12,13)8-3-7(1-2-15-8)16-6-9(17)4-14-5-9/h1-3,14,17H,4-6H2,(H,15,16). The molecule has 7 heteroatoms. The van der Waals surface area contributed by atoms with E-state index in [0.29, 0.717) is 18.8 Å². The Kier molecular flexibility index (Phi) is 2.96. The van der Waals surface area contributed by atoms with Crippen molar-refractivity contribution in [1.82, 2.24) is 10.3 Å². The van der Waals surface area contributed by atoms with Crippen molar-refractivity contribution in [2.24, 2.45) is 0 Å². The lowest BCUT2D eigenvalue weighted by Gasteiger charge is -2.37. The maximum atomic E-state index is 12.4. The summed E-state index contributed by atoms with van der Waals surface area (Å²) >= 11 is 0. The summed E-state index contributed by atoms with van der Waals surface area (Å²) in [6.07, 6.45) is -3.36. The van der Waals surface area contributed by atoms with E-state index in [1.165, 1.54) is 6.07 Å². The Bertz CT molecular complexity index is 404. The number of β-amino-alcohol motifs (C(OH)–C–C–N with tert-alkyl or cyclic N) is 1. The fraction of sp³-hybridized carbons (Fsp3) is 0.500. The van der Waals surface area contributed by atoms with E-state index in [0.717, 1.165) is 12.3 Å². The Hall–Kier alpha value is -1.34. The topological polar surface area (TPSA) is 57.2 Å². The molecule has 1 aromatic rings. The molecule has 3 N–H and O–H groups in total. The van der Waals surface area contributed by atoms with Crippen LogP contribution in [0.4, 0.5) is 18.9 Å². The molecule has 0 atom stereocenters. The van der Waals surface area contributed by atoms with Crippen molar-refractivity contribution in [3.63, 3.8) is 0 Å². The zero-order chi connectivity index (χ0) is 12.5. The number of hydrogen-bond acceptors (Lipinski definition) is 4. The first kappa shape index (κ1) is 12.1. The predicted octanol–water partition coefficient (Wildman–Crippen LogP) is 0.847. The van der Waals surface area contributed by atoms with Gasteiger partial charge < -0.3 is 15.7 Å². The van der Waals surface area contributed by atoms with Gasteiger partial charge in [-0.15, -0.1) is 0 Å². The minimum absolute atomic E-state index is 0.210. The average Bonchev–Trinajstić information content (AvgIpc) is 2.23. The monoisotopic (exact) mass is 247 g/mol. The molecule has 1 saturated heterocycles. The van der Waals surface area contributed by atoms with Crippen LogP contribution in [0.15, 0.2) is 18.3 Å². The van der Waals surface area contributed by atoms with Crippen molar-refractivity contribution in [3.05, 3.63) is 24.0 Å². The third-order valence-corrected chi connectivity index (χ3v) is 2.58. The highest BCUT2D eigenvalue weighted by Gasteiger charge is 2.35. The summed E-state index contributed by atoms with van der Waals surface area (Å²) in [4.78, 5) is 3.25. The van der Waals surface area contributed by atoms with Gasteiger partial charge in [0, 0.05) is 31.5 Å². The van der Waals surface area contributed by atoms with Crippen LogP contribution in [0, 0.1) is 0 Å². The Morgan fingerprint density at radius 1 is 1.47 bits per heavy atom. The summed E-state index contributed by atoms with van der Waals surface area (Å²) in [5, 5.41) is 15.4. The molecule has 1 aliphatic rings. The quantitative estimate of drug-likeness (QED) is 0.741. The first-order valence-electron chi connectivity index (χ1n) is 5.09. The molecule has 2 rings (SSSR count). The lowest BCUT2D eigenvalue weighted by Crippen LogP contribution is -2.63. The molecule has 1 aromatic heterocycles. The molecule has 1 aliphatic heterocycles. The number of nitrogens with one attached hydrogen (secondary N) is 2. The second-order valence-corrected chi connectivity index (χ2v) is 4.11. The molecule has 2 heterocycles. The van der Waals surface area contributed by atoms with Gasteiger partial charge in [-0.05, 0) is 12.1 Å². The van der Waals surface area contributed by atoms with Gasteiger partial charge >= 0.3 is 6.18 Å². The van der Waals surface area contributed by atoms with Crippen LogP contribution in [0.3, 0.4) is 0 Å². The zero-order valence-electron chi connectivity index (χ0n) is 8.88. The number of nitrogens with zero attached hydrogens (tertiary/aromatic N) is 1. The van der Waals surface area contributed by atoms with Gasteiger partial charge in [-0.3, -0.25) is 4.98 Å². The second-order valence-electron chi connectivity index (χ2n) is 4.11. The molecule has 94 valence electrons. The molecule has 0 saturated carbocycles. The Morgan fingerprint density at radius 2 is 2.18 bits per heavy atom. The number of pyridine rings is 1. The highest BCUT2D eigenvalue weighted by atomic mass is 19.4. The van der Waals surface area contributed by atoms with Gasteiger partial charge in [0.1, 0.15) is 11.3 Å². The van der Waals surface area contributed by atoms with Crippen LogP contribution >= 0.6 is 0 Å². The minimum Gasteiger partial charge on any atom is -0.385 e. The Labute approximate surface area is 95.9 Å². The maximum absolute atomic E-state index is 12.4. The molecule has 4 nitrogen and oxygen atoms in total. The van der Waals surface area contributed by atoms with Gasteiger partial charge in [-0.25, -0.2) is 0 Å². The smallest absolute Gasteiger partial charge is 0.385 e.